The van der Waals surface area contributed by atoms with Gasteiger partial charge in [0, 0.05) is 17.1 Å². The summed E-state index contributed by atoms with van der Waals surface area (Å²) in [7, 11) is 0. The summed E-state index contributed by atoms with van der Waals surface area (Å²) in [6.45, 7) is 0. The Morgan fingerprint density at radius 3 is 2.20 bits per heavy atom. The van der Waals surface area contributed by atoms with Gasteiger partial charge in [0.2, 0.25) is 5.62 Å². The van der Waals surface area contributed by atoms with E-state index in [9.17, 15) is 0 Å². The molecule has 0 spiro atoms. The number of para-hydroxylation sites is 1. The summed E-state index contributed by atoms with van der Waals surface area (Å²) in [6.07, 6.45) is 2.14. The predicted octanol–water partition coefficient (Wildman–Crippen LogP) is 4.78. The van der Waals surface area contributed by atoms with Gasteiger partial charge < -0.3 is 0 Å². The van der Waals surface area contributed by atoms with E-state index in [1.54, 1.807) is 0 Å². The fourth-order valence-electron chi connectivity index (χ4n) is 3.28. The maximum absolute atomic E-state index is 4.74. The molecular weight excluding hydrogens is 306 g/mol. The average Bonchev–Trinajstić information content (AvgIpc) is 3.11. The molecule has 5 rings (SSSR count). The maximum atomic E-state index is 4.74. The van der Waals surface area contributed by atoms with Crippen molar-refractivity contribution < 1.29 is 0 Å². The molecule has 0 amide bonds. The first kappa shape index (κ1) is 13.9. The lowest BCUT2D eigenvalue weighted by atomic mass is 10.1. The Balaban J connectivity index is 1.85. The minimum atomic E-state index is 0.708. The van der Waals surface area contributed by atoms with Crippen molar-refractivity contribution in [2.45, 2.75) is 0 Å². The summed E-state index contributed by atoms with van der Waals surface area (Å²) in [5, 5.41) is 1.19. The molecule has 2 aromatic carbocycles. The number of aromatic nitrogens is 2. The van der Waals surface area contributed by atoms with Crippen LogP contribution in [0.5, 0.6) is 0 Å². The third-order valence-electron chi connectivity index (χ3n) is 4.42. The van der Waals surface area contributed by atoms with Crippen LogP contribution in [0.2, 0.25) is 0 Å². The third kappa shape index (κ3) is 2.29. The van der Waals surface area contributed by atoms with Crippen LogP contribution in [0.3, 0.4) is 0 Å². The number of hydrogen-bond donors (Lipinski definition) is 0. The maximum Gasteiger partial charge on any atom is 0.235 e. The lowest BCUT2D eigenvalue weighted by molar-refractivity contribution is 1.01. The highest BCUT2D eigenvalue weighted by atomic mass is 15.1. The molecule has 25 heavy (non-hydrogen) atoms. The Hall–Kier alpha value is -3.46. The predicted molar refractivity (Wildman–Crippen MR) is 100 cm³/mol. The minimum absolute atomic E-state index is 0.708. The van der Waals surface area contributed by atoms with Crippen LogP contribution >= 0.6 is 0 Å². The van der Waals surface area contributed by atoms with Crippen molar-refractivity contribution >= 4 is 11.1 Å². The van der Waals surface area contributed by atoms with Crippen molar-refractivity contribution in [3.05, 3.63) is 96.7 Å². The Labute approximate surface area is 145 Å². The standard InChI is InChI=1S/C22H15N3/c1-3-9-16(10-4-1)19-15-25-21-18(19)13-7-8-14-20(21)24-22(25)23-17-11-5-2-6-12-17/h1-15H. The van der Waals surface area contributed by atoms with E-state index in [2.05, 4.69) is 47.0 Å². The van der Waals surface area contributed by atoms with Crippen LogP contribution in [0.15, 0.2) is 96.1 Å². The SMILES string of the molecule is c1ccc(N=c2nc3ccccc4c(-c5ccccc5)cn2c4-3)cc1. The second-order valence-electron chi connectivity index (χ2n) is 6.00. The lowest BCUT2D eigenvalue weighted by Gasteiger charge is -1.98. The van der Waals surface area contributed by atoms with Gasteiger partial charge in [-0.3, -0.25) is 4.40 Å². The van der Waals surface area contributed by atoms with E-state index < -0.39 is 0 Å². The van der Waals surface area contributed by atoms with Gasteiger partial charge in [0.05, 0.1) is 17.1 Å². The molecule has 3 heteroatoms. The number of rotatable bonds is 2. The molecule has 3 nitrogen and oxygen atoms in total. The van der Waals surface area contributed by atoms with Gasteiger partial charge in [0.1, 0.15) is 0 Å². The fourth-order valence-corrected chi connectivity index (χ4v) is 3.28. The Kier molecular flexibility index (Phi) is 3.10. The normalized spacial score (nSPS) is 12.2. The average molecular weight is 321 g/mol. The molecule has 1 aliphatic carbocycles. The second kappa shape index (κ2) is 5.56. The summed E-state index contributed by atoms with van der Waals surface area (Å²) in [5.74, 6) is 0. The lowest BCUT2D eigenvalue weighted by Crippen LogP contribution is -2.09. The van der Waals surface area contributed by atoms with Gasteiger partial charge in [-0.25, -0.2) is 9.98 Å². The first-order chi connectivity index (χ1) is 12.4. The van der Waals surface area contributed by atoms with Gasteiger partial charge >= 0.3 is 0 Å². The third-order valence-corrected chi connectivity index (χ3v) is 4.42. The highest BCUT2D eigenvalue weighted by molar-refractivity contribution is 5.94. The first-order valence-corrected chi connectivity index (χ1v) is 8.29. The smallest absolute Gasteiger partial charge is 0.235 e. The van der Waals surface area contributed by atoms with Gasteiger partial charge in [0.15, 0.2) is 0 Å². The summed E-state index contributed by atoms with van der Waals surface area (Å²) >= 11 is 0. The van der Waals surface area contributed by atoms with Crippen LogP contribution in [0.4, 0.5) is 5.69 Å². The van der Waals surface area contributed by atoms with Gasteiger partial charge in [-0.2, -0.15) is 0 Å². The van der Waals surface area contributed by atoms with Gasteiger partial charge in [-0.05, 0) is 23.8 Å². The van der Waals surface area contributed by atoms with Gasteiger partial charge in [-0.1, -0.05) is 66.7 Å². The van der Waals surface area contributed by atoms with Crippen LogP contribution < -0.4 is 5.62 Å². The van der Waals surface area contributed by atoms with Gasteiger partial charge in [0.25, 0.3) is 0 Å². The number of hydrogen-bond acceptors (Lipinski definition) is 2. The zero-order chi connectivity index (χ0) is 16.6. The van der Waals surface area contributed by atoms with Crippen LogP contribution in [0.25, 0.3) is 27.9 Å². The summed E-state index contributed by atoms with van der Waals surface area (Å²) < 4.78 is 2.10. The zero-order valence-electron chi connectivity index (χ0n) is 13.5. The van der Waals surface area contributed by atoms with Crippen molar-refractivity contribution in [1.29, 1.82) is 0 Å². The van der Waals surface area contributed by atoms with Crippen molar-refractivity contribution in [1.82, 2.24) is 9.38 Å². The molecule has 3 aromatic rings. The summed E-state index contributed by atoms with van der Waals surface area (Å²) in [5.41, 5.74) is 6.07. The van der Waals surface area contributed by atoms with Crippen molar-refractivity contribution in [3.8, 4) is 22.5 Å². The van der Waals surface area contributed by atoms with E-state index in [1.165, 1.54) is 16.5 Å². The molecule has 1 aliphatic heterocycles. The van der Waals surface area contributed by atoms with E-state index in [4.69, 9.17) is 9.98 Å². The van der Waals surface area contributed by atoms with Crippen molar-refractivity contribution in [2.75, 3.05) is 0 Å². The molecule has 0 N–H and O–H groups in total. The van der Waals surface area contributed by atoms with Crippen LogP contribution in [0.1, 0.15) is 0 Å². The molecule has 118 valence electrons. The summed E-state index contributed by atoms with van der Waals surface area (Å²) in [4.78, 5) is 9.48. The Bertz CT molecular complexity index is 1170. The molecular formula is C22H15N3. The van der Waals surface area contributed by atoms with Crippen LogP contribution in [-0.2, 0) is 0 Å². The Morgan fingerprint density at radius 1 is 0.720 bits per heavy atom. The topological polar surface area (TPSA) is 29.7 Å². The largest absolute Gasteiger partial charge is 0.282 e. The molecule has 0 fully saturated rings. The molecule has 1 aromatic heterocycles. The molecule has 2 aliphatic rings. The fraction of sp³-hybridized carbons (Fsp3) is 0. The van der Waals surface area contributed by atoms with Crippen molar-refractivity contribution in [3.63, 3.8) is 0 Å². The Morgan fingerprint density at radius 2 is 1.40 bits per heavy atom. The highest BCUT2D eigenvalue weighted by Crippen LogP contribution is 2.34. The molecule has 0 saturated carbocycles. The molecule has 0 unspecified atom stereocenters. The van der Waals surface area contributed by atoms with Gasteiger partial charge in [-0.15, -0.1) is 0 Å². The van der Waals surface area contributed by atoms with Crippen LogP contribution in [-0.4, -0.2) is 9.38 Å². The monoisotopic (exact) mass is 321 g/mol. The van der Waals surface area contributed by atoms with Crippen molar-refractivity contribution in [2.24, 2.45) is 4.99 Å². The molecule has 0 bridgehead atoms. The molecule has 2 heterocycles. The van der Waals surface area contributed by atoms with E-state index in [1.807, 2.05) is 48.5 Å². The summed E-state index contributed by atoms with van der Waals surface area (Å²) in [6, 6.07) is 28.7. The molecule has 0 radical (unpaired) electrons. The quantitative estimate of drug-likeness (QED) is 0.460. The molecule has 0 atom stereocenters. The van der Waals surface area contributed by atoms with E-state index in [0.717, 1.165) is 17.1 Å². The first-order valence-electron chi connectivity index (χ1n) is 8.29. The highest BCUT2D eigenvalue weighted by Gasteiger charge is 2.18. The molecule has 0 saturated heterocycles. The minimum Gasteiger partial charge on any atom is -0.282 e. The number of benzene rings is 2. The second-order valence-corrected chi connectivity index (χ2v) is 6.00. The van der Waals surface area contributed by atoms with E-state index in [-0.39, 0.29) is 0 Å². The van der Waals surface area contributed by atoms with Crippen LogP contribution in [0, 0.1) is 0 Å². The van der Waals surface area contributed by atoms with E-state index >= 15 is 0 Å². The zero-order valence-corrected chi connectivity index (χ0v) is 13.5. The number of imidazole rings is 1. The van der Waals surface area contributed by atoms with E-state index in [0.29, 0.717) is 5.62 Å². The number of nitrogens with zero attached hydrogens (tertiary/aromatic N) is 3.